The Morgan fingerprint density at radius 3 is 1.79 bits per heavy atom. The Kier molecular flexibility index (Phi) is 7.34. The van der Waals surface area contributed by atoms with Crippen molar-refractivity contribution in [1.29, 1.82) is 0 Å². The fourth-order valence-corrected chi connectivity index (χ4v) is 4.26. The van der Waals surface area contributed by atoms with Gasteiger partial charge in [-0.15, -0.1) is 0 Å². The minimum Gasteiger partial charge on any atom is -0.466 e. The van der Waals surface area contributed by atoms with Gasteiger partial charge in [-0.3, -0.25) is 9.79 Å². The summed E-state index contributed by atoms with van der Waals surface area (Å²) in [6, 6.07) is 38.6. The Morgan fingerprint density at radius 2 is 1.26 bits per heavy atom. The topological polar surface area (TPSA) is 38.7 Å². The normalized spacial score (nSPS) is 12.4. The van der Waals surface area contributed by atoms with Gasteiger partial charge in [0.2, 0.25) is 0 Å². The largest absolute Gasteiger partial charge is 0.466 e. The minimum atomic E-state index is -0.958. The molecule has 4 aromatic carbocycles. The molecule has 0 saturated carbocycles. The number of rotatable bonds is 8. The molecule has 0 saturated heterocycles. The van der Waals surface area contributed by atoms with E-state index in [-0.39, 0.29) is 12.4 Å². The van der Waals surface area contributed by atoms with Crippen LogP contribution in [0.15, 0.2) is 120 Å². The van der Waals surface area contributed by atoms with Gasteiger partial charge in [0, 0.05) is 11.1 Å². The number of hydrogen-bond acceptors (Lipinski definition) is 3. The summed E-state index contributed by atoms with van der Waals surface area (Å²) < 4.78 is 5.46. The van der Waals surface area contributed by atoms with E-state index in [9.17, 15) is 4.79 Å². The van der Waals surface area contributed by atoms with Gasteiger partial charge in [0.25, 0.3) is 0 Å². The number of ether oxygens (including phenoxy) is 1. The van der Waals surface area contributed by atoms with Crippen molar-refractivity contribution >= 4 is 11.7 Å². The second-order valence-electron chi connectivity index (χ2n) is 8.27. The quantitative estimate of drug-likeness (QED) is 0.222. The first kappa shape index (κ1) is 23.2. The zero-order valence-corrected chi connectivity index (χ0v) is 19.6. The van der Waals surface area contributed by atoms with Gasteiger partial charge in [-0.2, -0.15) is 0 Å². The van der Waals surface area contributed by atoms with E-state index < -0.39 is 5.54 Å². The standard InChI is InChI=1S/C31H29NO2/c1-3-34-29(33)23-31(27-19-11-6-12-20-27,28-21-13-14-24(2)22-28)32-30(25-15-7-4-8-16-25)26-17-9-5-10-18-26/h4-22H,3,23H2,1-2H3. The van der Waals surface area contributed by atoms with Crippen LogP contribution in [0.25, 0.3) is 0 Å². The maximum atomic E-state index is 13.1. The van der Waals surface area contributed by atoms with Gasteiger partial charge in [-0.05, 0) is 25.0 Å². The smallest absolute Gasteiger partial charge is 0.308 e. The molecule has 0 fully saturated rings. The molecule has 0 N–H and O–H groups in total. The summed E-state index contributed by atoms with van der Waals surface area (Å²) in [4.78, 5) is 18.5. The average Bonchev–Trinajstić information content (AvgIpc) is 2.88. The molecule has 0 bridgehead atoms. The van der Waals surface area contributed by atoms with Crippen LogP contribution in [-0.2, 0) is 15.1 Å². The molecule has 0 amide bonds. The lowest BCUT2D eigenvalue weighted by atomic mass is 9.79. The highest BCUT2D eigenvalue weighted by Crippen LogP contribution is 2.39. The monoisotopic (exact) mass is 447 g/mol. The number of carbonyl (C=O) groups excluding carboxylic acids is 1. The summed E-state index contributed by atoms with van der Waals surface area (Å²) in [7, 11) is 0. The summed E-state index contributed by atoms with van der Waals surface area (Å²) >= 11 is 0. The van der Waals surface area contributed by atoms with Gasteiger partial charge >= 0.3 is 5.97 Å². The van der Waals surface area contributed by atoms with E-state index in [2.05, 4.69) is 49.4 Å². The molecule has 34 heavy (non-hydrogen) atoms. The molecule has 0 spiro atoms. The molecule has 3 nitrogen and oxygen atoms in total. The summed E-state index contributed by atoms with van der Waals surface area (Å²) in [6.07, 6.45) is 0.0947. The third kappa shape index (κ3) is 5.15. The van der Waals surface area contributed by atoms with E-state index in [1.165, 1.54) is 0 Å². The highest BCUT2D eigenvalue weighted by Gasteiger charge is 2.38. The van der Waals surface area contributed by atoms with Crippen molar-refractivity contribution in [1.82, 2.24) is 0 Å². The van der Waals surface area contributed by atoms with E-state index in [0.717, 1.165) is 33.5 Å². The minimum absolute atomic E-state index is 0.0947. The summed E-state index contributed by atoms with van der Waals surface area (Å²) in [5.74, 6) is -0.280. The van der Waals surface area contributed by atoms with Gasteiger partial charge in [0.15, 0.2) is 0 Å². The van der Waals surface area contributed by atoms with Crippen LogP contribution < -0.4 is 0 Å². The van der Waals surface area contributed by atoms with Crippen molar-refractivity contribution in [3.8, 4) is 0 Å². The van der Waals surface area contributed by atoms with Crippen molar-refractivity contribution in [2.75, 3.05) is 6.61 Å². The van der Waals surface area contributed by atoms with Crippen molar-refractivity contribution < 1.29 is 9.53 Å². The van der Waals surface area contributed by atoms with Gasteiger partial charge in [-0.1, -0.05) is 121 Å². The second kappa shape index (κ2) is 10.8. The molecule has 0 aliphatic carbocycles. The molecule has 0 radical (unpaired) electrons. The lowest BCUT2D eigenvalue weighted by Crippen LogP contribution is -2.32. The molecule has 0 aromatic heterocycles. The first-order valence-corrected chi connectivity index (χ1v) is 11.6. The highest BCUT2D eigenvalue weighted by atomic mass is 16.5. The molecule has 0 aliphatic heterocycles. The van der Waals surface area contributed by atoms with Crippen molar-refractivity contribution in [3.05, 3.63) is 143 Å². The van der Waals surface area contributed by atoms with Crippen LogP contribution in [0, 0.1) is 6.92 Å². The average molecular weight is 448 g/mol. The van der Waals surface area contributed by atoms with Crippen molar-refractivity contribution in [3.63, 3.8) is 0 Å². The number of esters is 1. The Balaban J connectivity index is 2.06. The molecular weight excluding hydrogens is 418 g/mol. The third-order valence-electron chi connectivity index (χ3n) is 5.85. The predicted molar refractivity (Wildman–Crippen MR) is 138 cm³/mol. The van der Waals surface area contributed by atoms with Gasteiger partial charge in [0.05, 0.1) is 18.7 Å². The fourth-order valence-electron chi connectivity index (χ4n) is 4.26. The van der Waals surface area contributed by atoms with E-state index >= 15 is 0 Å². The molecule has 3 heteroatoms. The van der Waals surface area contributed by atoms with E-state index in [1.807, 2.05) is 79.7 Å². The third-order valence-corrected chi connectivity index (χ3v) is 5.85. The van der Waals surface area contributed by atoms with Gasteiger partial charge in [-0.25, -0.2) is 0 Å². The number of aliphatic imine (C=N–C) groups is 1. The van der Waals surface area contributed by atoms with Crippen LogP contribution in [-0.4, -0.2) is 18.3 Å². The highest BCUT2D eigenvalue weighted by molar-refractivity contribution is 6.13. The Hall–Kier alpha value is -3.98. The van der Waals surface area contributed by atoms with Crippen LogP contribution >= 0.6 is 0 Å². The summed E-state index contributed by atoms with van der Waals surface area (Å²) in [6.45, 7) is 4.21. The van der Waals surface area contributed by atoms with Crippen molar-refractivity contribution in [2.24, 2.45) is 4.99 Å². The van der Waals surface area contributed by atoms with Gasteiger partial charge < -0.3 is 4.74 Å². The predicted octanol–water partition coefficient (Wildman–Crippen LogP) is 6.73. The number of carbonyl (C=O) groups is 1. The number of nitrogens with zero attached hydrogens (tertiary/aromatic N) is 1. The second-order valence-corrected chi connectivity index (χ2v) is 8.27. The first-order valence-electron chi connectivity index (χ1n) is 11.6. The molecule has 1 atom stereocenters. The Labute approximate surface area is 201 Å². The van der Waals surface area contributed by atoms with Crippen LogP contribution in [0.2, 0.25) is 0 Å². The molecule has 4 aromatic rings. The molecule has 170 valence electrons. The van der Waals surface area contributed by atoms with Crippen LogP contribution in [0.5, 0.6) is 0 Å². The zero-order chi connectivity index (χ0) is 23.8. The molecule has 0 aliphatic rings. The van der Waals surface area contributed by atoms with E-state index in [4.69, 9.17) is 9.73 Å². The van der Waals surface area contributed by atoms with Crippen LogP contribution in [0.1, 0.15) is 41.2 Å². The fraction of sp³-hybridized carbons (Fsp3) is 0.161. The lowest BCUT2D eigenvalue weighted by Gasteiger charge is -2.32. The van der Waals surface area contributed by atoms with Gasteiger partial charge in [0.1, 0.15) is 5.54 Å². The molecule has 1 unspecified atom stereocenters. The SMILES string of the molecule is CCOC(=O)CC(N=C(c1ccccc1)c1ccccc1)(c1ccccc1)c1cccc(C)c1. The van der Waals surface area contributed by atoms with E-state index in [1.54, 1.807) is 0 Å². The zero-order valence-electron chi connectivity index (χ0n) is 19.6. The molecular formula is C31H29NO2. The number of benzene rings is 4. The lowest BCUT2D eigenvalue weighted by molar-refractivity contribution is -0.144. The van der Waals surface area contributed by atoms with E-state index in [0.29, 0.717) is 6.61 Å². The molecule has 4 rings (SSSR count). The number of aryl methyl sites for hydroxylation is 1. The first-order chi connectivity index (χ1) is 16.6. The number of hydrogen-bond donors (Lipinski definition) is 0. The Bertz CT molecular complexity index is 1210. The Morgan fingerprint density at radius 1 is 0.735 bits per heavy atom. The maximum Gasteiger partial charge on any atom is 0.308 e. The summed E-state index contributed by atoms with van der Waals surface area (Å²) in [5, 5.41) is 0. The van der Waals surface area contributed by atoms with Crippen LogP contribution in [0.4, 0.5) is 0 Å². The molecule has 0 heterocycles. The maximum absolute atomic E-state index is 13.1. The summed E-state index contributed by atoms with van der Waals surface area (Å²) in [5.41, 5.74) is 4.86. The van der Waals surface area contributed by atoms with Crippen molar-refractivity contribution in [2.45, 2.75) is 25.8 Å². The van der Waals surface area contributed by atoms with Crippen LogP contribution in [0.3, 0.4) is 0 Å².